The van der Waals surface area contributed by atoms with Gasteiger partial charge in [0, 0.05) is 24.1 Å². The van der Waals surface area contributed by atoms with E-state index in [-0.39, 0.29) is 0 Å². The lowest BCUT2D eigenvalue weighted by Gasteiger charge is -2.24. The van der Waals surface area contributed by atoms with Crippen molar-refractivity contribution < 1.29 is 0 Å². The van der Waals surface area contributed by atoms with Crippen LogP contribution in [-0.2, 0) is 0 Å². The molecule has 3 heterocycles. The minimum Gasteiger partial charge on any atom is -0.309 e. The highest BCUT2D eigenvalue weighted by molar-refractivity contribution is 5.32. The third kappa shape index (κ3) is 2.08. The van der Waals surface area contributed by atoms with Crippen molar-refractivity contribution in [1.82, 2.24) is 19.9 Å². The first kappa shape index (κ1) is 10.5. The number of hydrogen-bond acceptors (Lipinski definition) is 3. The molecule has 0 aromatic carbocycles. The van der Waals surface area contributed by atoms with Gasteiger partial charge in [-0.15, -0.1) is 0 Å². The van der Waals surface area contributed by atoms with E-state index >= 15 is 0 Å². The molecule has 4 heteroatoms. The molecule has 1 atom stereocenters. The molecule has 1 N–H and O–H groups in total. The Labute approximate surface area is 101 Å². The summed E-state index contributed by atoms with van der Waals surface area (Å²) in [6.45, 7) is 1.10. The molecule has 88 valence electrons. The smallest absolute Gasteiger partial charge is 0.0994 e. The fourth-order valence-electron chi connectivity index (χ4n) is 2.39. The normalized spacial score (nSPS) is 20.4. The lowest BCUT2D eigenvalue weighted by molar-refractivity contribution is 0.402. The van der Waals surface area contributed by atoms with Crippen molar-refractivity contribution in [2.75, 3.05) is 6.54 Å². The minimum atomic E-state index is 0.430. The van der Waals surface area contributed by atoms with Crippen LogP contribution in [0.1, 0.15) is 31.0 Å². The topological polar surface area (TPSA) is 42.7 Å². The number of aromatic nitrogens is 3. The Morgan fingerprint density at radius 2 is 2.06 bits per heavy atom. The third-order valence-electron chi connectivity index (χ3n) is 3.28. The Kier molecular flexibility index (Phi) is 2.88. The SMILES string of the molecule is c1cc(-n2cncc2C2CCCCN2)ccn1. The van der Waals surface area contributed by atoms with E-state index in [1.54, 1.807) is 0 Å². The van der Waals surface area contributed by atoms with E-state index < -0.39 is 0 Å². The van der Waals surface area contributed by atoms with E-state index in [0.29, 0.717) is 6.04 Å². The molecule has 0 amide bonds. The van der Waals surface area contributed by atoms with Crippen LogP contribution in [0.5, 0.6) is 0 Å². The molecule has 1 aliphatic heterocycles. The van der Waals surface area contributed by atoms with Crippen molar-refractivity contribution in [1.29, 1.82) is 0 Å². The second kappa shape index (κ2) is 4.67. The van der Waals surface area contributed by atoms with Crippen LogP contribution in [-0.4, -0.2) is 21.1 Å². The van der Waals surface area contributed by atoms with Gasteiger partial charge in [0.15, 0.2) is 0 Å². The van der Waals surface area contributed by atoms with Crippen molar-refractivity contribution in [3.05, 3.63) is 42.7 Å². The average Bonchev–Trinajstić information content (AvgIpc) is 2.90. The summed E-state index contributed by atoms with van der Waals surface area (Å²) >= 11 is 0. The molecular formula is C13H16N4. The zero-order valence-electron chi connectivity index (χ0n) is 9.71. The fraction of sp³-hybridized carbons (Fsp3) is 0.385. The van der Waals surface area contributed by atoms with E-state index in [0.717, 1.165) is 12.2 Å². The van der Waals surface area contributed by atoms with Gasteiger partial charge in [0.2, 0.25) is 0 Å². The second-order valence-corrected chi connectivity index (χ2v) is 4.40. The summed E-state index contributed by atoms with van der Waals surface area (Å²) in [4.78, 5) is 8.32. The summed E-state index contributed by atoms with van der Waals surface area (Å²) in [5, 5.41) is 3.56. The van der Waals surface area contributed by atoms with Crippen molar-refractivity contribution in [3.63, 3.8) is 0 Å². The number of imidazole rings is 1. The average molecular weight is 228 g/mol. The van der Waals surface area contributed by atoms with E-state index in [9.17, 15) is 0 Å². The first-order chi connectivity index (χ1) is 8.45. The summed E-state index contributed by atoms with van der Waals surface area (Å²) in [5.41, 5.74) is 2.37. The number of hydrogen-bond donors (Lipinski definition) is 1. The Balaban J connectivity index is 1.93. The van der Waals surface area contributed by atoms with Crippen LogP contribution in [0.4, 0.5) is 0 Å². The van der Waals surface area contributed by atoms with E-state index in [4.69, 9.17) is 0 Å². The number of nitrogens with one attached hydrogen (secondary N) is 1. The van der Waals surface area contributed by atoms with Crippen molar-refractivity contribution in [2.45, 2.75) is 25.3 Å². The lowest BCUT2D eigenvalue weighted by Crippen LogP contribution is -2.28. The molecule has 3 rings (SSSR count). The summed E-state index contributed by atoms with van der Waals surface area (Å²) in [5.74, 6) is 0. The summed E-state index contributed by atoms with van der Waals surface area (Å²) in [7, 11) is 0. The standard InChI is InChI=1S/C13H16N4/c1-2-6-16-12(3-1)13-9-15-10-17(13)11-4-7-14-8-5-11/h4-5,7-10,12,16H,1-3,6H2. The molecule has 1 saturated heterocycles. The molecule has 0 saturated carbocycles. The van der Waals surface area contributed by atoms with Gasteiger partial charge in [0.1, 0.15) is 0 Å². The molecule has 1 unspecified atom stereocenters. The zero-order chi connectivity index (χ0) is 11.5. The van der Waals surface area contributed by atoms with Crippen LogP contribution in [0, 0.1) is 0 Å². The molecule has 1 aliphatic rings. The first-order valence-corrected chi connectivity index (χ1v) is 6.11. The predicted molar refractivity (Wildman–Crippen MR) is 66.0 cm³/mol. The van der Waals surface area contributed by atoms with Crippen molar-refractivity contribution in [3.8, 4) is 5.69 Å². The number of nitrogens with zero attached hydrogens (tertiary/aromatic N) is 3. The van der Waals surface area contributed by atoms with E-state index in [1.807, 2.05) is 37.1 Å². The van der Waals surface area contributed by atoms with E-state index in [1.165, 1.54) is 25.0 Å². The highest BCUT2D eigenvalue weighted by Gasteiger charge is 2.18. The van der Waals surface area contributed by atoms with Gasteiger partial charge in [-0.3, -0.25) is 4.98 Å². The molecule has 0 bridgehead atoms. The molecule has 2 aromatic rings. The van der Waals surface area contributed by atoms with Gasteiger partial charge in [-0.1, -0.05) is 6.42 Å². The quantitative estimate of drug-likeness (QED) is 0.855. The van der Waals surface area contributed by atoms with Gasteiger partial charge in [-0.05, 0) is 31.5 Å². The largest absolute Gasteiger partial charge is 0.309 e. The maximum absolute atomic E-state index is 4.28. The molecule has 0 radical (unpaired) electrons. The molecule has 17 heavy (non-hydrogen) atoms. The van der Waals surface area contributed by atoms with Crippen LogP contribution in [0.3, 0.4) is 0 Å². The van der Waals surface area contributed by atoms with E-state index in [2.05, 4.69) is 19.9 Å². The molecular weight excluding hydrogens is 212 g/mol. The molecule has 4 nitrogen and oxygen atoms in total. The second-order valence-electron chi connectivity index (χ2n) is 4.40. The highest BCUT2D eigenvalue weighted by atomic mass is 15.1. The van der Waals surface area contributed by atoms with Crippen LogP contribution in [0.15, 0.2) is 37.1 Å². The van der Waals surface area contributed by atoms with Crippen molar-refractivity contribution in [2.24, 2.45) is 0 Å². The molecule has 2 aromatic heterocycles. The fourth-order valence-corrected chi connectivity index (χ4v) is 2.39. The van der Waals surface area contributed by atoms with Crippen LogP contribution >= 0.6 is 0 Å². The first-order valence-electron chi connectivity index (χ1n) is 6.11. The Hall–Kier alpha value is -1.68. The zero-order valence-corrected chi connectivity index (χ0v) is 9.71. The van der Waals surface area contributed by atoms with Crippen LogP contribution < -0.4 is 5.32 Å². The lowest BCUT2D eigenvalue weighted by atomic mass is 10.0. The summed E-state index contributed by atoms with van der Waals surface area (Å²) in [6, 6.07) is 4.45. The highest BCUT2D eigenvalue weighted by Crippen LogP contribution is 2.24. The molecule has 1 fully saturated rings. The Morgan fingerprint density at radius 1 is 1.18 bits per heavy atom. The Bertz CT molecular complexity index is 471. The minimum absolute atomic E-state index is 0.430. The number of pyridine rings is 1. The van der Waals surface area contributed by atoms with Gasteiger partial charge in [0.25, 0.3) is 0 Å². The van der Waals surface area contributed by atoms with Gasteiger partial charge in [0.05, 0.1) is 18.2 Å². The monoisotopic (exact) mass is 228 g/mol. The molecule has 0 aliphatic carbocycles. The molecule has 0 spiro atoms. The summed E-state index contributed by atoms with van der Waals surface area (Å²) in [6.07, 6.45) is 11.2. The maximum atomic E-state index is 4.28. The van der Waals surface area contributed by atoms with Gasteiger partial charge < -0.3 is 9.88 Å². The Morgan fingerprint density at radius 3 is 2.82 bits per heavy atom. The predicted octanol–water partition coefficient (Wildman–Crippen LogP) is 2.08. The maximum Gasteiger partial charge on any atom is 0.0994 e. The van der Waals surface area contributed by atoms with Gasteiger partial charge >= 0.3 is 0 Å². The van der Waals surface area contributed by atoms with Crippen LogP contribution in [0.2, 0.25) is 0 Å². The third-order valence-corrected chi connectivity index (χ3v) is 3.28. The number of piperidine rings is 1. The number of rotatable bonds is 2. The van der Waals surface area contributed by atoms with Crippen molar-refractivity contribution >= 4 is 0 Å². The summed E-state index contributed by atoms with van der Waals surface area (Å²) < 4.78 is 2.14. The van der Waals surface area contributed by atoms with Gasteiger partial charge in [-0.25, -0.2) is 4.98 Å². The van der Waals surface area contributed by atoms with Gasteiger partial charge in [-0.2, -0.15) is 0 Å². The van der Waals surface area contributed by atoms with Crippen LogP contribution in [0.25, 0.3) is 5.69 Å².